The van der Waals surface area contributed by atoms with Crippen molar-refractivity contribution in [2.24, 2.45) is 0 Å². The fraction of sp³-hybridized carbons (Fsp3) is 0.263. The predicted molar refractivity (Wildman–Crippen MR) is 105 cm³/mol. The summed E-state index contributed by atoms with van der Waals surface area (Å²) in [6, 6.07) is 13.9. The summed E-state index contributed by atoms with van der Waals surface area (Å²) in [5.41, 5.74) is 0.912. The molecule has 138 valence electrons. The summed E-state index contributed by atoms with van der Waals surface area (Å²) in [4.78, 5) is 26.3. The molecule has 0 bridgehead atoms. The van der Waals surface area contributed by atoms with Crippen molar-refractivity contribution >= 4 is 39.3 Å². The van der Waals surface area contributed by atoms with E-state index in [0.717, 1.165) is 10.0 Å². The first-order chi connectivity index (χ1) is 12.4. The van der Waals surface area contributed by atoms with Gasteiger partial charge in [-0.25, -0.2) is 0 Å². The Kier molecular flexibility index (Phi) is 7.48. The predicted octanol–water partition coefficient (Wildman–Crippen LogP) is 3.64. The quantitative estimate of drug-likeness (QED) is 0.716. The number of ether oxygens (including phenoxy) is 1. The van der Waals surface area contributed by atoms with Crippen LogP contribution in [0.1, 0.15) is 12.5 Å². The highest BCUT2D eigenvalue weighted by Crippen LogP contribution is 2.23. The van der Waals surface area contributed by atoms with Crippen LogP contribution in [0.25, 0.3) is 0 Å². The molecule has 0 heterocycles. The summed E-state index contributed by atoms with van der Waals surface area (Å²) in [6.07, 6.45) is 0. The summed E-state index contributed by atoms with van der Waals surface area (Å²) >= 11 is 9.43. The Balaban J connectivity index is 2.13. The molecule has 0 fully saturated rings. The van der Waals surface area contributed by atoms with E-state index in [1.807, 2.05) is 24.3 Å². The average Bonchev–Trinajstić information content (AvgIpc) is 2.65. The molecule has 0 unspecified atom stereocenters. The van der Waals surface area contributed by atoms with Gasteiger partial charge in [-0.1, -0.05) is 51.8 Å². The molecular weight excluding hydrogens is 420 g/mol. The summed E-state index contributed by atoms with van der Waals surface area (Å²) in [5.74, 6) is -0.115. The number of amides is 2. The number of nitrogens with one attached hydrogen (secondary N) is 1. The van der Waals surface area contributed by atoms with Gasteiger partial charge in [0.05, 0.1) is 5.02 Å². The summed E-state index contributed by atoms with van der Waals surface area (Å²) in [6.45, 7) is 1.78. The first-order valence-corrected chi connectivity index (χ1v) is 9.22. The maximum atomic E-state index is 12.7. The van der Waals surface area contributed by atoms with E-state index in [-0.39, 0.29) is 18.4 Å². The molecule has 0 radical (unpaired) electrons. The first kappa shape index (κ1) is 20.3. The molecule has 2 aromatic rings. The van der Waals surface area contributed by atoms with Gasteiger partial charge < -0.3 is 15.0 Å². The molecular formula is C19H20BrClN2O3. The second-order valence-electron chi connectivity index (χ2n) is 5.66. The molecule has 1 N–H and O–H groups in total. The van der Waals surface area contributed by atoms with Crippen LogP contribution < -0.4 is 10.1 Å². The summed E-state index contributed by atoms with van der Waals surface area (Å²) in [7, 11) is 1.54. The molecule has 0 saturated carbocycles. The topological polar surface area (TPSA) is 58.6 Å². The molecule has 2 rings (SSSR count). The lowest BCUT2D eigenvalue weighted by Crippen LogP contribution is -2.48. The zero-order valence-electron chi connectivity index (χ0n) is 14.5. The van der Waals surface area contributed by atoms with Gasteiger partial charge in [-0.15, -0.1) is 0 Å². The van der Waals surface area contributed by atoms with Crippen molar-refractivity contribution in [2.45, 2.75) is 19.5 Å². The van der Waals surface area contributed by atoms with Gasteiger partial charge in [-0.2, -0.15) is 0 Å². The molecule has 0 spiro atoms. The molecule has 2 amide bonds. The van der Waals surface area contributed by atoms with Crippen LogP contribution in [0.3, 0.4) is 0 Å². The third kappa shape index (κ3) is 5.47. The monoisotopic (exact) mass is 438 g/mol. The van der Waals surface area contributed by atoms with Crippen LogP contribution in [0.2, 0.25) is 5.02 Å². The Morgan fingerprint density at radius 3 is 2.46 bits per heavy atom. The van der Waals surface area contributed by atoms with Gasteiger partial charge in [0.2, 0.25) is 5.91 Å². The normalized spacial score (nSPS) is 11.5. The van der Waals surface area contributed by atoms with Gasteiger partial charge in [0.15, 0.2) is 6.61 Å². The van der Waals surface area contributed by atoms with Gasteiger partial charge in [-0.05, 0) is 36.8 Å². The van der Waals surface area contributed by atoms with Crippen molar-refractivity contribution in [1.82, 2.24) is 10.2 Å². The second kappa shape index (κ2) is 9.59. The van der Waals surface area contributed by atoms with Crippen LogP contribution in [-0.2, 0) is 16.1 Å². The lowest BCUT2D eigenvalue weighted by Gasteiger charge is -2.28. The van der Waals surface area contributed by atoms with Gasteiger partial charge in [0.25, 0.3) is 5.91 Å². The van der Waals surface area contributed by atoms with Gasteiger partial charge in [0.1, 0.15) is 11.8 Å². The molecule has 0 saturated heterocycles. The molecule has 0 aromatic heterocycles. The zero-order valence-corrected chi connectivity index (χ0v) is 16.9. The molecule has 0 aliphatic rings. The Morgan fingerprint density at radius 1 is 1.19 bits per heavy atom. The zero-order chi connectivity index (χ0) is 19.1. The number of nitrogens with zero attached hydrogens (tertiary/aromatic N) is 1. The van der Waals surface area contributed by atoms with E-state index < -0.39 is 6.04 Å². The maximum Gasteiger partial charge on any atom is 0.261 e. The van der Waals surface area contributed by atoms with Crippen LogP contribution in [0, 0.1) is 0 Å². The number of para-hydroxylation sites is 1. The standard InChI is InChI=1S/C19H20BrClN2O3/c1-13(19(25)22-2)23(11-14-7-9-15(20)10-8-14)18(24)12-26-17-6-4-3-5-16(17)21/h3-10,13H,11-12H2,1-2H3,(H,22,25)/t13-/m0/s1. The lowest BCUT2D eigenvalue weighted by molar-refractivity contribution is -0.142. The van der Waals surface area contributed by atoms with E-state index in [2.05, 4.69) is 21.2 Å². The third-order valence-corrected chi connectivity index (χ3v) is 4.71. The van der Waals surface area contributed by atoms with E-state index in [1.165, 1.54) is 4.90 Å². The highest BCUT2D eigenvalue weighted by molar-refractivity contribution is 9.10. The number of carbonyl (C=O) groups excluding carboxylic acids is 2. The van der Waals surface area contributed by atoms with Crippen molar-refractivity contribution in [1.29, 1.82) is 0 Å². The average molecular weight is 440 g/mol. The number of carbonyl (C=O) groups is 2. The molecule has 0 aliphatic carbocycles. The van der Waals surface area contributed by atoms with E-state index in [0.29, 0.717) is 17.3 Å². The number of benzene rings is 2. The summed E-state index contributed by atoms with van der Waals surface area (Å²) < 4.78 is 6.48. The molecule has 26 heavy (non-hydrogen) atoms. The van der Waals surface area contributed by atoms with Crippen molar-refractivity contribution in [3.05, 3.63) is 63.6 Å². The van der Waals surface area contributed by atoms with E-state index in [1.54, 1.807) is 38.2 Å². The summed E-state index contributed by atoms with van der Waals surface area (Å²) in [5, 5.41) is 3.01. The van der Waals surface area contributed by atoms with E-state index in [9.17, 15) is 9.59 Å². The number of hydrogen-bond acceptors (Lipinski definition) is 3. The van der Waals surface area contributed by atoms with Gasteiger partial charge in [-0.3, -0.25) is 9.59 Å². The second-order valence-corrected chi connectivity index (χ2v) is 6.98. The fourth-order valence-corrected chi connectivity index (χ4v) is 2.82. The molecule has 5 nitrogen and oxygen atoms in total. The lowest BCUT2D eigenvalue weighted by atomic mass is 10.1. The van der Waals surface area contributed by atoms with Crippen LogP contribution in [0.15, 0.2) is 53.0 Å². The smallest absolute Gasteiger partial charge is 0.261 e. The van der Waals surface area contributed by atoms with Crippen LogP contribution in [0.4, 0.5) is 0 Å². The van der Waals surface area contributed by atoms with Crippen molar-refractivity contribution in [3.63, 3.8) is 0 Å². The molecule has 1 atom stereocenters. The molecule has 7 heteroatoms. The van der Waals surface area contributed by atoms with Crippen molar-refractivity contribution in [2.75, 3.05) is 13.7 Å². The van der Waals surface area contributed by atoms with Crippen LogP contribution in [-0.4, -0.2) is 36.4 Å². The molecule has 0 aliphatic heterocycles. The van der Waals surface area contributed by atoms with E-state index in [4.69, 9.17) is 16.3 Å². The van der Waals surface area contributed by atoms with E-state index >= 15 is 0 Å². The Morgan fingerprint density at radius 2 is 1.85 bits per heavy atom. The van der Waals surface area contributed by atoms with Crippen LogP contribution >= 0.6 is 27.5 Å². The van der Waals surface area contributed by atoms with Crippen molar-refractivity contribution < 1.29 is 14.3 Å². The SMILES string of the molecule is CNC(=O)[C@H](C)N(Cc1ccc(Br)cc1)C(=O)COc1ccccc1Cl. The van der Waals surface area contributed by atoms with Gasteiger partial charge >= 0.3 is 0 Å². The number of hydrogen-bond donors (Lipinski definition) is 1. The highest BCUT2D eigenvalue weighted by Gasteiger charge is 2.26. The number of likely N-dealkylation sites (N-methyl/N-ethyl adjacent to an activating group) is 1. The minimum Gasteiger partial charge on any atom is -0.482 e. The number of rotatable bonds is 7. The minimum absolute atomic E-state index is 0.207. The Bertz CT molecular complexity index is 768. The Labute approximate surface area is 166 Å². The fourth-order valence-electron chi connectivity index (χ4n) is 2.36. The Hall–Kier alpha value is -2.05. The minimum atomic E-state index is -0.633. The highest BCUT2D eigenvalue weighted by atomic mass is 79.9. The largest absolute Gasteiger partial charge is 0.482 e. The molecule has 2 aromatic carbocycles. The van der Waals surface area contributed by atoms with Crippen LogP contribution in [0.5, 0.6) is 5.75 Å². The maximum absolute atomic E-state index is 12.7. The van der Waals surface area contributed by atoms with Crippen molar-refractivity contribution in [3.8, 4) is 5.75 Å². The number of halogens is 2. The van der Waals surface area contributed by atoms with Gasteiger partial charge in [0, 0.05) is 18.1 Å². The third-order valence-electron chi connectivity index (χ3n) is 3.87. The first-order valence-electron chi connectivity index (χ1n) is 8.05.